The van der Waals surface area contributed by atoms with Gasteiger partial charge in [-0.25, -0.2) is 0 Å². The molecule has 14 heavy (non-hydrogen) atoms. The molecular formula is C9H11BrClNO2. The van der Waals surface area contributed by atoms with Crippen LogP contribution in [0.2, 0.25) is 5.02 Å². The molecule has 78 valence electrons. The van der Waals surface area contributed by atoms with Crippen LogP contribution in [0.1, 0.15) is 11.1 Å². The average Bonchev–Trinajstić information content (AvgIpc) is 2.15. The van der Waals surface area contributed by atoms with Gasteiger partial charge < -0.3 is 15.5 Å². The predicted molar refractivity (Wildman–Crippen MR) is 60.5 cm³/mol. The maximum Gasteiger partial charge on any atom is 0.176 e. The van der Waals surface area contributed by atoms with E-state index in [9.17, 15) is 10.2 Å². The van der Waals surface area contributed by atoms with Gasteiger partial charge in [0.05, 0.1) is 5.02 Å². The first-order valence-corrected chi connectivity index (χ1v) is 4.51. The first-order valence-electron chi connectivity index (χ1n) is 4.13. The Morgan fingerprint density at radius 2 is 2.07 bits per heavy atom. The Morgan fingerprint density at radius 3 is 2.79 bits per heavy atom. The minimum atomic E-state index is -0.206. The zero-order valence-corrected chi connectivity index (χ0v) is 9.85. The number of rotatable bonds is 0. The third-order valence-electron chi connectivity index (χ3n) is 2.28. The van der Waals surface area contributed by atoms with E-state index in [-0.39, 0.29) is 33.5 Å². The van der Waals surface area contributed by atoms with Gasteiger partial charge in [-0.1, -0.05) is 11.6 Å². The van der Waals surface area contributed by atoms with Crippen molar-refractivity contribution in [2.45, 2.75) is 13.0 Å². The highest BCUT2D eigenvalue weighted by Gasteiger charge is 2.17. The molecule has 0 bridgehead atoms. The van der Waals surface area contributed by atoms with E-state index in [2.05, 4.69) is 5.32 Å². The molecule has 3 N–H and O–H groups in total. The fourth-order valence-corrected chi connectivity index (χ4v) is 1.89. The van der Waals surface area contributed by atoms with Crippen molar-refractivity contribution in [2.75, 3.05) is 6.54 Å². The Balaban J connectivity index is 0.000000980. The van der Waals surface area contributed by atoms with Crippen molar-refractivity contribution < 1.29 is 10.2 Å². The van der Waals surface area contributed by atoms with E-state index >= 15 is 0 Å². The number of benzene rings is 1. The van der Waals surface area contributed by atoms with Crippen LogP contribution in [0.3, 0.4) is 0 Å². The molecule has 1 heterocycles. The molecule has 2 rings (SSSR count). The smallest absolute Gasteiger partial charge is 0.176 e. The number of phenolic OH excluding ortho intramolecular Hbond substituents is 2. The summed E-state index contributed by atoms with van der Waals surface area (Å²) < 4.78 is 0. The highest BCUT2D eigenvalue weighted by molar-refractivity contribution is 8.93. The zero-order chi connectivity index (χ0) is 9.42. The molecular weight excluding hydrogens is 269 g/mol. The van der Waals surface area contributed by atoms with E-state index in [0.29, 0.717) is 6.54 Å². The summed E-state index contributed by atoms with van der Waals surface area (Å²) >= 11 is 5.88. The van der Waals surface area contributed by atoms with Gasteiger partial charge in [-0.05, 0) is 30.2 Å². The standard InChI is InChI=1S/C9H10ClNO2.BrH/c10-8-6-1-2-11-4-5(6)3-7(12)9(8)13;/h3,11-13H,1-2,4H2;1H. The van der Waals surface area contributed by atoms with Gasteiger partial charge in [0.1, 0.15) is 0 Å². The second-order valence-corrected chi connectivity index (χ2v) is 3.50. The van der Waals surface area contributed by atoms with Crippen molar-refractivity contribution in [3.63, 3.8) is 0 Å². The molecule has 0 saturated carbocycles. The van der Waals surface area contributed by atoms with Crippen molar-refractivity contribution in [1.29, 1.82) is 0 Å². The largest absolute Gasteiger partial charge is 0.504 e. The Bertz CT molecular complexity index is 357. The molecule has 1 aliphatic rings. The number of aromatic hydroxyl groups is 2. The van der Waals surface area contributed by atoms with E-state index in [4.69, 9.17) is 11.6 Å². The van der Waals surface area contributed by atoms with E-state index in [1.165, 1.54) is 0 Å². The minimum Gasteiger partial charge on any atom is -0.504 e. The van der Waals surface area contributed by atoms with Gasteiger partial charge >= 0.3 is 0 Å². The fraction of sp³-hybridized carbons (Fsp3) is 0.333. The monoisotopic (exact) mass is 279 g/mol. The molecule has 0 atom stereocenters. The molecule has 5 heteroatoms. The predicted octanol–water partition coefficient (Wildman–Crippen LogP) is 1.97. The molecule has 0 aliphatic carbocycles. The van der Waals surface area contributed by atoms with Crippen LogP contribution in [-0.4, -0.2) is 16.8 Å². The first kappa shape index (κ1) is 11.6. The van der Waals surface area contributed by atoms with Crippen molar-refractivity contribution in [3.05, 3.63) is 22.2 Å². The summed E-state index contributed by atoms with van der Waals surface area (Å²) in [5.74, 6) is -0.352. The quantitative estimate of drug-likeness (QED) is 0.637. The number of fused-ring (bicyclic) bond motifs is 1. The summed E-state index contributed by atoms with van der Waals surface area (Å²) in [6.45, 7) is 1.56. The van der Waals surface area contributed by atoms with Crippen LogP contribution in [0.5, 0.6) is 11.5 Å². The molecule has 0 unspecified atom stereocenters. The molecule has 0 fully saturated rings. The van der Waals surface area contributed by atoms with E-state index in [1.54, 1.807) is 6.07 Å². The van der Waals surface area contributed by atoms with Gasteiger partial charge in [-0.2, -0.15) is 0 Å². The van der Waals surface area contributed by atoms with Crippen LogP contribution in [0.25, 0.3) is 0 Å². The molecule has 0 aromatic heterocycles. The number of hydrogen-bond donors (Lipinski definition) is 3. The maximum atomic E-state index is 9.36. The summed E-state index contributed by atoms with van der Waals surface area (Å²) in [5, 5.41) is 22.1. The van der Waals surface area contributed by atoms with Crippen molar-refractivity contribution in [1.82, 2.24) is 5.32 Å². The van der Waals surface area contributed by atoms with Crippen LogP contribution in [0.4, 0.5) is 0 Å². The summed E-state index contributed by atoms with van der Waals surface area (Å²) in [6.07, 6.45) is 0.794. The van der Waals surface area contributed by atoms with E-state index in [1.807, 2.05) is 0 Å². The number of hydrogen-bond acceptors (Lipinski definition) is 3. The Hall–Kier alpha value is -0.450. The van der Waals surface area contributed by atoms with Crippen molar-refractivity contribution in [2.24, 2.45) is 0 Å². The molecule has 1 aromatic rings. The summed E-state index contributed by atoms with van der Waals surface area (Å²) in [5.41, 5.74) is 1.90. The van der Waals surface area contributed by atoms with Crippen LogP contribution < -0.4 is 5.32 Å². The summed E-state index contributed by atoms with van der Waals surface area (Å²) in [7, 11) is 0. The molecule has 0 saturated heterocycles. The van der Waals surface area contributed by atoms with E-state index < -0.39 is 0 Å². The zero-order valence-electron chi connectivity index (χ0n) is 7.38. The fourth-order valence-electron chi connectivity index (χ4n) is 1.58. The second-order valence-electron chi connectivity index (χ2n) is 3.12. The number of nitrogens with one attached hydrogen (secondary N) is 1. The van der Waals surface area contributed by atoms with E-state index in [0.717, 1.165) is 24.1 Å². The Kier molecular flexibility index (Phi) is 3.64. The summed E-state index contributed by atoms with van der Waals surface area (Å²) in [4.78, 5) is 0. The third-order valence-corrected chi connectivity index (χ3v) is 2.69. The van der Waals surface area contributed by atoms with Crippen molar-refractivity contribution >= 4 is 28.6 Å². The van der Waals surface area contributed by atoms with Crippen LogP contribution in [0, 0.1) is 0 Å². The lowest BCUT2D eigenvalue weighted by Crippen LogP contribution is -2.23. The third kappa shape index (κ3) is 1.82. The average molecular weight is 281 g/mol. The molecule has 1 aliphatic heterocycles. The topological polar surface area (TPSA) is 52.5 Å². The van der Waals surface area contributed by atoms with Gasteiger partial charge in [0.2, 0.25) is 0 Å². The lowest BCUT2D eigenvalue weighted by Gasteiger charge is -2.19. The van der Waals surface area contributed by atoms with Gasteiger partial charge in [-0.15, -0.1) is 17.0 Å². The summed E-state index contributed by atoms with van der Waals surface area (Å²) in [6, 6.07) is 1.56. The molecule has 3 nitrogen and oxygen atoms in total. The Labute approximate surface area is 97.5 Å². The number of phenols is 2. The highest BCUT2D eigenvalue weighted by atomic mass is 79.9. The number of halogens is 2. The molecule has 0 radical (unpaired) electrons. The van der Waals surface area contributed by atoms with Crippen molar-refractivity contribution in [3.8, 4) is 11.5 Å². The van der Waals surface area contributed by atoms with Gasteiger partial charge in [0, 0.05) is 6.54 Å². The van der Waals surface area contributed by atoms with Gasteiger partial charge in [-0.3, -0.25) is 0 Å². The van der Waals surface area contributed by atoms with Crippen LogP contribution in [-0.2, 0) is 13.0 Å². The van der Waals surface area contributed by atoms with Crippen LogP contribution in [0.15, 0.2) is 6.07 Å². The molecule has 1 aromatic carbocycles. The van der Waals surface area contributed by atoms with Gasteiger partial charge in [0.15, 0.2) is 11.5 Å². The first-order chi connectivity index (χ1) is 6.20. The normalized spacial score (nSPS) is 14.4. The van der Waals surface area contributed by atoms with Gasteiger partial charge in [0.25, 0.3) is 0 Å². The lowest BCUT2D eigenvalue weighted by atomic mass is 10.0. The van der Waals surface area contributed by atoms with Crippen LogP contribution >= 0.6 is 28.6 Å². The molecule has 0 spiro atoms. The second kappa shape index (κ2) is 4.38. The molecule has 0 amide bonds. The maximum absolute atomic E-state index is 9.36. The Morgan fingerprint density at radius 1 is 1.36 bits per heavy atom. The lowest BCUT2D eigenvalue weighted by molar-refractivity contribution is 0.401. The highest BCUT2D eigenvalue weighted by Crippen LogP contribution is 2.38. The minimum absolute atomic E-state index is 0. The SMILES string of the molecule is Br.Oc1cc2c(c(Cl)c1O)CCNC2.